The molecule has 0 radical (unpaired) electrons. The fraction of sp³-hybridized carbons (Fsp3) is 0.473. The molecule has 6 aromatic rings. The number of ether oxygens (including phenoxy) is 6. The van der Waals surface area contributed by atoms with Crippen LogP contribution in [0.15, 0.2) is 109 Å². The minimum absolute atomic E-state index is 0.0175. The molecule has 0 aliphatic carbocycles. The number of aromatic nitrogens is 3. The van der Waals surface area contributed by atoms with Crippen molar-refractivity contribution in [3.8, 4) is 5.75 Å². The minimum Gasteiger partial charge on any atom is -0.496 e. The number of primary amides is 1. The van der Waals surface area contributed by atoms with E-state index in [1.165, 1.54) is 0 Å². The van der Waals surface area contributed by atoms with E-state index in [2.05, 4.69) is 101 Å². The van der Waals surface area contributed by atoms with E-state index in [4.69, 9.17) is 39.9 Å². The average molecular weight is 1390 g/mol. The summed E-state index contributed by atoms with van der Waals surface area (Å²) < 4.78 is 35.9. The summed E-state index contributed by atoms with van der Waals surface area (Å²) in [5.74, 6) is -0.362. The maximum Gasteiger partial charge on any atom is 0.407 e. The van der Waals surface area contributed by atoms with Crippen molar-refractivity contribution < 1.29 is 62.0 Å². The molecule has 101 heavy (non-hydrogen) atoms. The normalized spacial score (nSPS) is 14.6. The smallest absolute Gasteiger partial charge is 0.407 e. The van der Waals surface area contributed by atoms with Crippen molar-refractivity contribution in [2.45, 2.75) is 129 Å². The Kier molecular flexibility index (Phi) is 30.9. The van der Waals surface area contributed by atoms with Crippen molar-refractivity contribution in [2.24, 2.45) is 11.7 Å². The van der Waals surface area contributed by atoms with E-state index in [1.54, 1.807) is 50.1 Å². The monoisotopic (exact) mass is 1390 g/mol. The van der Waals surface area contributed by atoms with Gasteiger partial charge in [-0.25, -0.2) is 14.6 Å². The topological polar surface area (TPSA) is 348 Å². The molecule has 544 valence electrons. The lowest BCUT2D eigenvalue weighted by molar-refractivity contribution is -0.132. The zero-order valence-electron chi connectivity index (χ0n) is 58.7. The van der Waals surface area contributed by atoms with Crippen molar-refractivity contribution >= 4 is 81.9 Å². The fourth-order valence-corrected chi connectivity index (χ4v) is 11.8. The molecule has 27 nitrogen and oxygen atoms in total. The quantitative estimate of drug-likeness (QED) is 0.0168. The number of hydrogen-bond donors (Lipinski definition) is 9. The first kappa shape index (κ1) is 77.1. The second-order valence-electron chi connectivity index (χ2n) is 25.4. The number of nitrogens with two attached hydrogens (primary N) is 2. The van der Waals surface area contributed by atoms with Gasteiger partial charge < -0.3 is 86.6 Å². The molecule has 0 bridgehead atoms. The largest absolute Gasteiger partial charge is 0.496 e. The zero-order chi connectivity index (χ0) is 71.9. The number of nitrogen functional groups attached to an aromatic ring is 1. The summed E-state index contributed by atoms with van der Waals surface area (Å²) in [6.07, 6.45) is 9.42. The van der Waals surface area contributed by atoms with Gasteiger partial charge in [-0.15, -0.1) is 0 Å². The summed E-state index contributed by atoms with van der Waals surface area (Å²) in [5, 5.41) is 20.1. The van der Waals surface area contributed by atoms with E-state index in [9.17, 15) is 33.6 Å². The Morgan fingerprint density at radius 3 is 2.15 bits per heavy atom. The lowest BCUT2D eigenvalue weighted by Crippen LogP contribution is -2.58. The van der Waals surface area contributed by atoms with E-state index >= 15 is 0 Å². The van der Waals surface area contributed by atoms with Crippen molar-refractivity contribution in [3.05, 3.63) is 143 Å². The van der Waals surface area contributed by atoms with Crippen LogP contribution in [0.25, 0.3) is 17.1 Å². The average Bonchev–Trinajstić information content (AvgIpc) is 1.69. The number of rotatable bonds is 41. The summed E-state index contributed by atoms with van der Waals surface area (Å²) in [6.45, 7) is 14.1. The van der Waals surface area contributed by atoms with Gasteiger partial charge in [0, 0.05) is 76.0 Å². The van der Waals surface area contributed by atoms with Crippen molar-refractivity contribution in [2.75, 3.05) is 114 Å². The van der Waals surface area contributed by atoms with Gasteiger partial charge >= 0.3 is 12.1 Å². The number of likely N-dealkylation sites (tertiary alicyclic amines) is 1. The maximum atomic E-state index is 13.8. The highest BCUT2D eigenvalue weighted by molar-refractivity contribution is 5.99. The predicted molar refractivity (Wildman–Crippen MR) is 387 cm³/mol. The molecule has 8 amide bonds. The molecule has 1 saturated heterocycles. The lowest BCUT2D eigenvalue weighted by Gasteiger charge is -2.39. The standard InChI is InChI=1S/C74H100N14O13/c1-6-7-12-31-78-69-68-60(83-72(75)85-69)29-34-87(68)45-56-24-20-53(43-63(56)96-5)44-86-47-58(48-86)81-74(95)101-49-52-21-25-57(26-22-52)80-70(92)61(17-13-32-79-73(76)94)82-71(93)67(50(2)3)84-65(90)30-35-97-37-39-99-41-42-100-40-38-98-36-33-77-64(89)27-28-66(91)88-46-55-15-8-10-16-59(55)51(4)19-23-54-14-9-11-18-62(54)88/h8-11,14-16,18-26,29,34,43,50-51,58,61,67H,6-7,12-13,17,27-28,30-33,35-42,44-49H2,1-5H3,(H,77,89)(H,80,92)(H,81,95)(H,82,93)(H,84,90)(H3,76,79,94)(H3,75,78,83,85)/b23-19-/t51?,61-,67-/m0/s1. The van der Waals surface area contributed by atoms with E-state index in [-0.39, 0.29) is 101 Å². The van der Waals surface area contributed by atoms with Crippen LogP contribution in [0.2, 0.25) is 0 Å². The molecule has 4 heterocycles. The van der Waals surface area contributed by atoms with Crippen molar-refractivity contribution in [1.82, 2.24) is 46.0 Å². The van der Waals surface area contributed by atoms with Gasteiger partial charge in [-0.05, 0) is 89.2 Å². The van der Waals surface area contributed by atoms with E-state index in [0.717, 1.165) is 76.1 Å². The first-order valence-electron chi connectivity index (χ1n) is 34.9. The summed E-state index contributed by atoms with van der Waals surface area (Å²) in [4.78, 5) is 104. The van der Waals surface area contributed by atoms with Gasteiger partial charge in [-0.3, -0.25) is 28.9 Å². The molecule has 1 unspecified atom stereocenters. The van der Waals surface area contributed by atoms with Crippen LogP contribution >= 0.6 is 0 Å². The van der Waals surface area contributed by atoms with Gasteiger partial charge in [0.05, 0.1) is 90.3 Å². The highest BCUT2D eigenvalue weighted by Crippen LogP contribution is 2.33. The number of urea groups is 1. The molecule has 11 N–H and O–H groups in total. The van der Waals surface area contributed by atoms with E-state index < -0.39 is 41.9 Å². The number of nitrogens with zero attached hydrogens (tertiary/aromatic N) is 5. The number of anilines is 4. The number of hydrogen-bond acceptors (Lipinski definition) is 18. The Morgan fingerprint density at radius 1 is 0.703 bits per heavy atom. The molecule has 3 atom stereocenters. The van der Waals surface area contributed by atoms with Crippen molar-refractivity contribution in [1.29, 1.82) is 0 Å². The predicted octanol–water partition coefficient (Wildman–Crippen LogP) is 7.51. The van der Waals surface area contributed by atoms with Gasteiger partial charge in [0.2, 0.25) is 35.5 Å². The summed E-state index contributed by atoms with van der Waals surface area (Å²) in [7, 11) is 1.66. The number of nitrogens with one attached hydrogen (secondary N) is 7. The number of carbonyl (C=O) groups is 7. The highest BCUT2D eigenvalue weighted by atomic mass is 16.6. The number of alkyl carbamates (subject to hydrolysis) is 1. The molecule has 27 heteroatoms. The number of benzene rings is 4. The summed E-state index contributed by atoms with van der Waals surface area (Å²) in [5.41, 5.74) is 20.1. The van der Waals surface area contributed by atoms with Crippen LogP contribution in [0.5, 0.6) is 5.75 Å². The van der Waals surface area contributed by atoms with Crippen LogP contribution in [-0.2, 0) is 73.9 Å². The SMILES string of the molecule is CCCCCNc1nc(N)nc2ccn(Cc3ccc(CN4CC(NC(=O)OCc5ccc(NC(=O)[C@H](CCCNC(N)=O)NC(=O)[C@@H](NC(=O)CCOCCOCCOCCOCCNC(=O)CCC(=O)N6Cc7ccccc7C(C)/C=C\c7ccccc76)C(C)C)cc5)C4)cc3OC)c12. The zero-order valence-corrected chi connectivity index (χ0v) is 58.7. The van der Waals surface area contributed by atoms with Crippen LogP contribution in [0.3, 0.4) is 0 Å². The summed E-state index contributed by atoms with van der Waals surface area (Å²) >= 11 is 0. The van der Waals surface area contributed by atoms with Crippen LogP contribution in [-0.4, -0.2) is 172 Å². The molecular formula is C74H100N14O13. The maximum absolute atomic E-state index is 13.8. The van der Waals surface area contributed by atoms with Gasteiger partial charge in [0.15, 0.2) is 5.82 Å². The third kappa shape index (κ3) is 24.9. The third-order valence-electron chi connectivity index (χ3n) is 17.2. The molecule has 0 spiro atoms. The van der Waals surface area contributed by atoms with Gasteiger partial charge in [-0.2, -0.15) is 4.98 Å². The fourth-order valence-electron chi connectivity index (χ4n) is 11.8. The molecule has 2 aliphatic heterocycles. The number of methoxy groups -OCH3 is 1. The first-order chi connectivity index (χ1) is 48.9. The van der Waals surface area contributed by atoms with Crippen LogP contribution in [0.1, 0.15) is 118 Å². The van der Waals surface area contributed by atoms with Crippen molar-refractivity contribution in [3.63, 3.8) is 0 Å². The van der Waals surface area contributed by atoms with Gasteiger partial charge in [0.25, 0.3) is 0 Å². The molecule has 1 fully saturated rings. The molecule has 0 saturated carbocycles. The van der Waals surface area contributed by atoms with E-state index in [1.807, 2.05) is 60.8 Å². The molecular weight excluding hydrogens is 1290 g/mol. The molecule has 2 aliphatic rings. The second-order valence-corrected chi connectivity index (χ2v) is 25.4. The number of unbranched alkanes of at least 4 members (excludes halogenated alkanes) is 2. The van der Waals surface area contributed by atoms with Gasteiger partial charge in [0.1, 0.15) is 30.0 Å². The number of para-hydroxylation sites is 1. The Bertz CT molecular complexity index is 3710. The highest BCUT2D eigenvalue weighted by Gasteiger charge is 2.31. The Balaban J connectivity index is 0.660. The van der Waals surface area contributed by atoms with Crippen LogP contribution in [0, 0.1) is 5.92 Å². The second kappa shape index (κ2) is 40.5. The Hall–Kier alpha value is -9.67. The molecule has 8 rings (SSSR count). The van der Waals surface area contributed by atoms with Gasteiger partial charge in [-0.1, -0.05) is 119 Å². The first-order valence-corrected chi connectivity index (χ1v) is 34.9. The number of carbonyl (C=O) groups excluding carboxylic acids is 7. The minimum atomic E-state index is -1.05. The Labute approximate surface area is 590 Å². The van der Waals surface area contributed by atoms with E-state index in [0.29, 0.717) is 89.2 Å². The third-order valence-corrected chi connectivity index (χ3v) is 17.2. The summed E-state index contributed by atoms with van der Waals surface area (Å²) in [6, 6.07) is 28.0. The Morgan fingerprint density at radius 2 is 1.42 bits per heavy atom. The number of amides is 8. The van der Waals surface area contributed by atoms with Crippen LogP contribution in [0.4, 0.5) is 32.7 Å². The molecule has 4 aromatic carbocycles. The number of fused-ring (bicyclic) bond motifs is 3. The van der Waals surface area contributed by atoms with Crippen LogP contribution < -0.4 is 58.3 Å². The molecule has 2 aromatic heterocycles. The number of allylic oxidation sites excluding steroid dienone is 1. The lowest BCUT2D eigenvalue weighted by atomic mass is 9.95.